The van der Waals surface area contributed by atoms with Crippen LogP contribution in [0.3, 0.4) is 0 Å². The minimum Gasteiger partial charge on any atom is -0.483 e. The van der Waals surface area contributed by atoms with Crippen molar-refractivity contribution in [3.63, 3.8) is 0 Å². The van der Waals surface area contributed by atoms with Crippen molar-refractivity contribution in [2.24, 2.45) is 0 Å². The first-order chi connectivity index (χ1) is 8.54. The van der Waals surface area contributed by atoms with Gasteiger partial charge in [0.2, 0.25) is 0 Å². The highest BCUT2D eigenvalue weighted by atomic mass is 16.6. The minimum absolute atomic E-state index is 0.155. The summed E-state index contributed by atoms with van der Waals surface area (Å²) in [6.07, 6.45) is 5.32. The molecule has 0 N–H and O–H groups in total. The normalized spacial score (nSPS) is 26.6. The van der Waals surface area contributed by atoms with E-state index in [9.17, 15) is 0 Å². The quantitative estimate of drug-likeness (QED) is 0.687. The van der Waals surface area contributed by atoms with Crippen molar-refractivity contribution in [2.75, 3.05) is 0 Å². The lowest BCUT2D eigenvalue weighted by atomic mass is 9.86. The van der Waals surface area contributed by atoms with Gasteiger partial charge >= 0.3 is 0 Å². The largest absolute Gasteiger partial charge is 0.483 e. The zero-order valence-electron chi connectivity index (χ0n) is 11.5. The zero-order chi connectivity index (χ0) is 12.8. The summed E-state index contributed by atoms with van der Waals surface area (Å²) < 4.78 is 12.2. The van der Waals surface area contributed by atoms with Gasteiger partial charge in [0.05, 0.1) is 0 Å². The molecule has 1 aromatic rings. The molecule has 2 heteroatoms. The molecule has 0 bridgehead atoms. The van der Waals surface area contributed by atoms with Crippen LogP contribution in [0, 0.1) is 0 Å². The van der Waals surface area contributed by atoms with E-state index in [0.29, 0.717) is 0 Å². The van der Waals surface area contributed by atoms with Gasteiger partial charge in [-0.3, -0.25) is 0 Å². The van der Waals surface area contributed by atoms with Crippen molar-refractivity contribution in [2.45, 2.75) is 64.1 Å². The summed E-state index contributed by atoms with van der Waals surface area (Å²) >= 11 is 0. The molecular weight excluding hydrogens is 224 g/mol. The van der Waals surface area contributed by atoms with E-state index in [1.54, 1.807) is 0 Å². The molecule has 0 amide bonds. The molecule has 1 aliphatic carbocycles. The molecule has 1 fully saturated rings. The number of ether oxygens (including phenoxy) is 2. The summed E-state index contributed by atoms with van der Waals surface area (Å²) in [5.74, 6) is 1.86. The fourth-order valence-corrected chi connectivity index (χ4v) is 2.82. The van der Waals surface area contributed by atoms with E-state index in [1.165, 1.54) is 18.4 Å². The third kappa shape index (κ3) is 2.09. The first kappa shape index (κ1) is 11.9. The first-order valence-corrected chi connectivity index (χ1v) is 7.02. The van der Waals surface area contributed by atoms with Gasteiger partial charge in [-0.1, -0.05) is 26.8 Å². The fraction of sp³-hybridized carbons (Fsp3) is 0.625. The average molecular weight is 246 g/mol. The van der Waals surface area contributed by atoms with Crippen LogP contribution in [0.4, 0.5) is 0 Å². The second kappa shape index (κ2) is 4.18. The minimum atomic E-state index is 0.155. The van der Waals surface area contributed by atoms with E-state index < -0.39 is 0 Å². The van der Waals surface area contributed by atoms with Crippen LogP contribution < -0.4 is 9.47 Å². The Hall–Kier alpha value is -1.18. The molecule has 1 aliphatic heterocycles. The van der Waals surface area contributed by atoms with Crippen molar-refractivity contribution in [1.29, 1.82) is 0 Å². The summed E-state index contributed by atoms with van der Waals surface area (Å²) in [4.78, 5) is 0. The molecule has 2 unspecified atom stereocenters. The molecule has 0 spiro atoms. The summed E-state index contributed by atoms with van der Waals surface area (Å²) in [5.41, 5.74) is 1.46. The molecule has 18 heavy (non-hydrogen) atoms. The fourth-order valence-electron chi connectivity index (χ4n) is 2.82. The van der Waals surface area contributed by atoms with E-state index in [0.717, 1.165) is 24.3 Å². The van der Waals surface area contributed by atoms with Crippen molar-refractivity contribution < 1.29 is 9.47 Å². The Morgan fingerprint density at radius 1 is 0.944 bits per heavy atom. The van der Waals surface area contributed by atoms with Crippen LogP contribution in [-0.4, -0.2) is 12.2 Å². The van der Waals surface area contributed by atoms with Gasteiger partial charge in [-0.05, 0) is 48.8 Å². The van der Waals surface area contributed by atoms with E-state index in [4.69, 9.17) is 9.47 Å². The molecule has 2 atom stereocenters. The van der Waals surface area contributed by atoms with Crippen molar-refractivity contribution in [3.05, 3.63) is 23.8 Å². The van der Waals surface area contributed by atoms with Gasteiger partial charge in [-0.25, -0.2) is 0 Å². The Bertz CT molecular complexity index is 445. The summed E-state index contributed by atoms with van der Waals surface area (Å²) in [7, 11) is 0. The van der Waals surface area contributed by atoms with Gasteiger partial charge in [0.1, 0.15) is 12.2 Å². The highest BCUT2D eigenvalue weighted by Crippen LogP contribution is 2.40. The predicted molar refractivity (Wildman–Crippen MR) is 72.4 cm³/mol. The molecule has 0 aromatic heterocycles. The maximum Gasteiger partial charge on any atom is 0.162 e. The molecule has 0 saturated heterocycles. The Balaban J connectivity index is 1.91. The van der Waals surface area contributed by atoms with Crippen LogP contribution in [-0.2, 0) is 5.41 Å². The van der Waals surface area contributed by atoms with Gasteiger partial charge in [0.15, 0.2) is 11.5 Å². The second-order valence-corrected chi connectivity index (χ2v) is 6.51. The van der Waals surface area contributed by atoms with Crippen LogP contribution in [0.25, 0.3) is 0 Å². The van der Waals surface area contributed by atoms with Gasteiger partial charge < -0.3 is 9.47 Å². The van der Waals surface area contributed by atoms with Crippen LogP contribution in [0.5, 0.6) is 11.5 Å². The van der Waals surface area contributed by atoms with Gasteiger partial charge in [0.25, 0.3) is 0 Å². The molecule has 1 saturated carbocycles. The third-order valence-electron chi connectivity index (χ3n) is 4.01. The Morgan fingerprint density at radius 3 is 2.17 bits per heavy atom. The summed E-state index contributed by atoms with van der Waals surface area (Å²) in [6, 6.07) is 6.38. The average Bonchev–Trinajstić information content (AvgIpc) is 2.34. The number of rotatable bonds is 0. The van der Waals surface area contributed by atoms with E-state index in [2.05, 4.69) is 39.0 Å². The van der Waals surface area contributed by atoms with Crippen LogP contribution in [0.1, 0.15) is 52.0 Å². The molecule has 1 aromatic carbocycles. The van der Waals surface area contributed by atoms with Crippen molar-refractivity contribution >= 4 is 0 Å². The van der Waals surface area contributed by atoms with Gasteiger partial charge in [-0.15, -0.1) is 0 Å². The lowest BCUT2D eigenvalue weighted by molar-refractivity contribution is -0.00616. The molecular formula is C16H22O2. The number of hydrogen-bond donors (Lipinski definition) is 0. The highest BCUT2D eigenvalue weighted by Gasteiger charge is 2.34. The Labute approximate surface area is 109 Å². The summed E-state index contributed by atoms with van der Waals surface area (Å²) in [6.45, 7) is 6.67. The van der Waals surface area contributed by atoms with E-state index >= 15 is 0 Å². The zero-order valence-corrected chi connectivity index (χ0v) is 11.5. The SMILES string of the molecule is CC(C)(C)c1ccc2c(c1)OC1CCCCC1O2. The topological polar surface area (TPSA) is 18.5 Å². The maximum atomic E-state index is 6.15. The smallest absolute Gasteiger partial charge is 0.162 e. The van der Waals surface area contributed by atoms with Gasteiger partial charge in [0, 0.05) is 0 Å². The van der Waals surface area contributed by atoms with E-state index in [1.807, 2.05) is 0 Å². The predicted octanol–water partition coefficient (Wildman–Crippen LogP) is 4.07. The van der Waals surface area contributed by atoms with Gasteiger partial charge in [-0.2, -0.15) is 0 Å². The van der Waals surface area contributed by atoms with Crippen molar-refractivity contribution in [1.82, 2.24) is 0 Å². The van der Waals surface area contributed by atoms with Crippen LogP contribution >= 0.6 is 0 Å². The van der Waals surface area contributed by atoms with E-state index in [-0.39, 0.29) is 17.6 Å². The van der Waals surface area contributed by atoms with Crippen LogP contribution in [0.15, 0.2) is 18.2 Å². The maximum absolute atomic E-state index is 6.15. The lowest BCUT2D eigenvalue weighted by Gasteiger charge is -2.37. The Kier molecular flexibility index (Phi) is 2.76. The molecule has 2 aliphatic rings. The monoisotopic (exact) mass is 246 g/mol. The summed E-state index contributed by atoms with van der Waals surface area (Å²) in [5, 5.41) is 0. The lowest BCUT2D eigenvalue weighted by Crippen LogP contribution is -2.42. The molecule has 1 heterocycles. The molecule has 3 rings (SSSR count). The van der Waals surface area contributed by atoms with Crippen LogP contribution in [0.2, 0.25) is 0 Å². The highest BCUT2D eigenvalue weighted by molar-refractivity contribution is 5.46. The third-order valence-corrected chi connectivity index (χ3v) is 4.01. The molecule has 98 valence electrons. The molecule has 2 nitrogen and oxygen atoms in total. The number of fused-ring (bicyclic) bond motifs is 2. The first-order valence-electron chi connectivity index (χ1n) is 7.02. The molecule has 0 radical (unpaired) electrons. The van der Waals surface area contributed by atoms with Crippen molar-refractivity contribution in [3.8, 4) is 11.5 Å². The second-order valence-electron chi connectivity index (χ2n) is 6.51. The standard InChI is InChI=1S/C16H22O2/c1-16(2,3)11-8-9-14-15(10-11)18-13-7-5-4-6-12(13)17-14/h8-10,12-13H,4-7H2,1-3H3. The Morgan fingerprint density at radius 2 is 1.56 bits per heavy atom. The number of benzene rings is 1. The number of hydrogen-bond acceptors (Lipinski definition) is 2.